The van der Waals surface area contributed by atoms with Crippen molar-refractivity contribution in [2.24, 2.45) is 5.73 Å². The molecule has 2 amide bonds. The van der Waals surface area contributed by atoms with Gasteiger partial charge in [0.2, 0.25) is 5.91 Å². The lowest BCUT2D eigenvalue weighted by Gasteiger charge is -2.30. The second kappa shape index (κ2) is 9.24. The third kappa shape index (κ3) is 4.97. The third-order valence-electron chi connectivity index (χ3n) is 5.04. The lowest BCUT2D eigenvalue weighted by Crippen LogP contribution is -2.30. The Morgan fingerprint density at radius 2 is 1.71 bits per heavy atom. The van der Waals surface area contributed by atoms with E-state index in [2.05, 4.69) is 15.0 Å². The quantitative estimate of drug-likeness (QED) is 0.410. The van der Waals surface area contributed by atoms with E-state index in [1.165, 1.54) is 12.1 Å². The third-order valence-corrected chi connectivity index (χ3v) is 5.04. The molecule has 0 radical (unpaired) electrons. The summed E-state index contributed by atoms with van der Waals surface area (Å²) < 4.78 is 4.61. The highest BCUT2D eigenvalue weighted by atomic mass is 16.6. The van der Waals surface area contributed by atoms with Crippen molar-refractivity contribution in [1.82, 2.24) is 0 Å². The Bertz CT molecular complexity index is 1050. The number of nitrogens with zero attached hydrogens (tertiary/aromatic N) is 2. The number of benzene rings is 2. The normalized spacial score (nSPS) is 13.4. The van der Waals surface area contributed by atoms with Gasteiger partial charge in [0.25, 0.3) is 11.6 Å². The van der Waals surface area contributed by atoms with Gasteiger partial charge in [0.15, 0.2) is 0 Å². The van der Waals surface area contributed by atoms with E-state index < -0.39 is 28.4 Å². The molecule has 31 heavy (non-hydrogen) atoms. The molecule has 2 aromatic carbocycles. The number of carbonyl (C=O) groups is 3. The molecular weight excluding hydrogens is 404 g/mol. The van der Waals surface area contributed by atoms with Crippen LogP contribution >= 0.6 is 0 Å². The Morgan fingerprint density at radius 1 is 1.03 bits per heavy atom. The molecule has 1 heterocycles. The molecule has 10 heteroatoms. The van der Waals surface area contributed by atoms with E-state index in [0.717, 1.165) is 57.3 Å². The van der Waals surface area contributed by atoms with Gasteiger partial charge in [-0.05, 0) is 43.5 Å². The van der Waals surface area contributed by atoms with Gasteiger partial charge in [-0.15, -0.1) is 0 Å². The largest absolute Gasteiger partial charge is 0.465 e. The summed E-state index contributed by atoms with van der Waals surface area (Å²) in [5, 5.41) is 13.9. The minimum Gasteiger partial charge on any atom is -0.465 e. The van der Waals surface area contributed by atoms with Crippen LogP contribution in [0, 0.1) is 10.1 Å². The number of rotatable bonds is 6. The number of methoxy groups -OCH3 is 1. The van der Waals surface area contributed by atoms with E-state index in [1.807, 2.05) is 0 Å². The predicted octanol–water partition coefficient (Wildman–Crippen LogP) is 2.72. The van der Waals surface area contributed by atoms with Crippen LogP contribution < -0.4 is 16.0 Å². The summed E-state index contributed by atoms with van der Waals surface area (Å²) in [4.78, 5) is 49.1. The topological polar surface area (TPSA) is 145 Å². The van der Waals surface area contributed by atoms with Crippen LogP contribution in [-0.4, -0.2) is 42.9 Å². The number of amides is 2. The minimum atomic E-state index is -0.803. The summed E-state index contributed by atoms with van der Waals surface area (Å²) in [7, 11) is 1.14. The average Bonchev–Trinajstić information content (AvgIpc) is 2.78. The van der Waals surface area contributed by atoms with Crippen molar-refractivity contribution < 1.29 is 24.0 Å². The number of nitrogens with two attached hydrogens (primary N) is 1. The number of non-ortho nitro benzene ring substituents is 1. The second-order valence-corrected chi connectivity index (χ2v) is 7.12. The van der Waals surface area contributed by atoms with Crippen molar-refractivity contribution in [3.8, 4) is 0 Å². The fourth-order valence-corrected chi connectivity index (χ4v) is 3.48. The zero-order chi connectivity index (χ0) is 22.5. The van der Waals surface area contributed by atoms with E-state index in [1.54, 1.807) is 12.1 Å². The van der Waals surface area contributed by atoms with Crippen molar-refractivity contribution in [2.75, 3.05) is 30.4 Å². The molecule has 1 fully saturated rings. The van der Waals surface area contributed by atoms with Crippen molar-refractivity contribution in [3.05, 3.63) is 63.2 Å². The van der Waals surface area contributed by atoms with Crippen LogP contribution in [0.3, 0.4) is 0 Å². The van der Waals surface area contributed by atoms with Crippen LogP contribution in [-0.2, 0) is 4.74 Å². The number of nitrogens with one attached hydrogen (secondary N) is 1. The summed E-state index contributed by atoms with van der Waals surface area (Å²) in [6.07, 6.45) is 3.11. The molecule has 0 spiro atoms. The number of nitro benzene ring substituents is 1. The Morgan fingerprint density at radius 3 is 2.32 bits per heavy atom. The van der Waals surface area contributed by atoms with Gasteiger partial charge >= 0.3 is 5.97 Å². The van der Waals surface area contributed by atoms with Crippen LogP contribution in [0.4, 0.5) is 17.1 Å². The Labute approximate surface area is 178 Å². The van der Waals surface area contributed by atoms with Crippen LogP contribution in [0.25, 0.3) is 0 Å². The standard InChI is InChI=1S/C21H22N4O6/c1-31-21(28)15-9-14(10-16(11-15)25(29)30)20(27)23-17-12-13(19(22)26)5-6-18(17)24-7-3-2-4-8-24/h5-6,9-12H,2-4,7-8H2,1H3,(H2,22,26)(H,23,27). The number of nitro groups is 1. The van der Waals surface area contributed by atoms with E-state index in [-0.39, 0.29) is 16.7 Å². The lowest BCUT2D eigenvalue weighted by molar-refractivity contribution is -0.384. The second-order valence-electron chi connectivity index (χ2n) is 7.12. The van der Waals surface area contributed by atoms with E-state index in [0.29, 0.717) is 5.69 Å². The summed E-state index contributed by atoms with van der Waals surface area (Å²) in [6, 6.07) is 8.10. The maximum Gasteiger partial charge on any atom is 0.338 e. The molecule has 1 aliphatic heterocycles. The maximum atomic E-state index is 12.9. The van der Waals surface area contributed by atoms with E-state index >= 15 is 0 Å². The zero-order valence-electron chi connectivity index (χ0n) is 16.9. The van der Waals surface area contributed by atoms with Crippen molar-refractivity contribution in [2.45, 2.75) is 19.3 Å². The first-order chi connectivity index (χ1) is 14.8. The van der Waals surface area contributed by atoms with Gasteiger partial charge < -0.3 is 20.7 Å². The van der Waals surface area contributed by atoms with Gasteiger partial charge in [-0.1, -0.05) is 0 Å². The molecule has 0 atom stereocenters. The summed E-state index contributed by atoms with van der Waals surface area (Å²) in [5.74, 6) is -2.12. The highest BCUT2D eigenvalue weighted by Gasteiger charge is 2.21. The molecule has 0 aliphatic carbocycles. The fraction of sp³-hybridized carbons (Fsp3) is 0.286. The van der Waals surface area contributed by atoms with Gasteiger partial charge in [-0.25, -0.2) is 4.79 Å². The zero-order valence-corrected chi connectivity index (χ0v) is 16.9. The molecule has 0 saturated carbocycles. The van der Waals surface area contributed by atoms with Crippen LogP contribution in [0.1, 0.15) is 50.3 Å². The van der Waals surface area contributed by atoms with Crippen LogP contribution in [0.2, 0.25) is 0 Å². The van der Waals surface area contributed by atoms with Gasteiger partial charge in [-0.3, -0.25) is 19.7 Å². The molecule has 0 unspecified atom stereocenters. The molecule has 1 aliphatic rings. The monoisotopic (exact) mass is 426 g/mol. The molecule has 0 aromatic heterocycles. The number of anilines is 2. The Kier molecular flexibility index (Phi) is 6.49. The first-order valence-electron chi connectivity index (χ1n) is 9.68. The van der Waals surface area contributed by atoms with Crippen molar-refractivity contribution in [3.63, 3.8) is 0 Å². The highest BCUT2D eigenvalue weighted by molar-refractivity contribution is 6.08. The smallest absolute Gasteiger partial charge is 0.338 e. The minimum absolute atomic E-state index is 0.0938. The van der Waals surface area contributed by atoms with Gasteiger partial charge in [0, 0.05) is 36.3 Å². The average molecular weight is 426 g/mol. The van der Waals surface area contributed by atoms with E-state index in [9.17, 15) is 24.5 Å². The fourth-order valence-electron chi connectivity index (χ4n) is 3.48. The van der Waals surface area contributed by atoms with E-state index in [4.69, 9.17) is 5.73 Å². The van der Waals surface area contributed by atoms with Crippen LogP contribution in [0.15, 0.2) is 36.4 Å². The predicted molar refractivity (Wildman–Crippen MR) is 113 cm³/mol. The molecule has 162 valence electrons. The molecule has 10 nitrogen and oxygen atoms in total. The van der Waals surface area contributed by atoms with Gasteiger partial charge in [0.05, 0.1) is 29.0 Å². The van der Waals surface area contributed by atoms with Crippen molar-refractivity contribution in [1.29, 1.82) is 0 Å². The summed E-state index contributed by atoms with van der Waals surface area (Å²) in [6.45, 7) is 1.59. The molecule has 2 aromatic rings. The number of ether oxygens (including phenoxy) is 1. The number of piperidine rings is 1. The molecular formula is C21H22N4O6. The molecule has 0 bridgehead atoms. The first kappa shape index (κ1) is 21.8. The highest BCUT2D eigenvalue weighted by Crippen LogP contribution is 2.30. The molecule has 1 saturated heterocycles. The summed E-state index contributed by atoms with van der Waals surface area (Å²) >= 11 is 0. The number of primary amides is 1. The van der Waals surface area contributed by atoms with Crippen molar-refractivity contribution >= 4 is 34.8 Å². The Hall–Kier alpha value is -3.95. The van der Waals surface area contributed by atoms with Gasteiger partial charge in [0.1, 0.15) is 0 Å². The van der Waals surface area contributed by atoms with Gasteiger partial charge in [-0.2, -0.15) is 0 Å². The number of carbonyl (C=O) groups excluding carboxylic acids is 3. The number of hydrogen-bond acceptors (Lipinski definition) is 7. The summed E-state index contributed by atoms with van der Waals surface area (Å²) in [5.41, 5.74) is 6.04. The SMILES string of the molecule is COC(=O)c1cc(C(=O)Nc2cc(C(N)=O)ccc2N2CCCCC2)cc([N+](=O)[O-])c1. The molecule has 3 rings (SSSR count). The Balaban J connectivity index is 1.99. The number of hydrogen-bond donors (Lipinski definition) is 2. The number of esters is 1. The molecule has 3 N–H and O–H groups in total. The first-order valence-corrected chi connectivity index (χ1v) is 9.68. The lowest BCUT2D eigenvalue weighted by atomic mass is 10.1. The maximum absolute atomic E-state index is 12.9. The van der Waals surface area contributed by atoms with Crippen LogP contribution in [0.5, 0.6) is 0 Å².